The third kappa shape index (κ3) is 2.86. The van der Waals surface area contributed by atoms with Gasteiger partial charge in [0, 0.05) is 0 Å². The minimum atomic E-state index is -0.634. The number of allylic oxidation sites excluding steroid dienone is 2. The normalized spacial score (nSPS) is 19.3. The van der Waals surface area contributed by atoms with Crippen molar-refractivity contribution in [3.63, 3.8) is 0 Å². The Morgan fingerprint density at radius 1 is 1.27 bits per heavy atom. The van der Waals surface area contributed by atoms with Gasteiger partial charge in [-0.05, 0) is 31.6 Å². The highest BCUT2D eigenvalue weighted by molar-refractivity contribution is 8.22. The Labute approximate surface area is 154 Å². The topological polar surface area (TPSA) is 99.2 Å². The number of hydrogen-bond donors (Lipinski definition) is 2. The lowest BCUT2D eigenvalue weighted by atomic mass is 9.98. The van der Waals surface area contributed by atoms with Crippen LogP contribution in [-0.4, -0.2) is 43.9 Å². The summed E-state index contributed by atoms with van der Waals surface area (Å²) in [5.41, 5.74) is 6.32. The van der Waals surface area contributed by atoms with E-state index < -0.39 is 16.3 Å². The van der Waals surface area contributed by atoms with Crippen molar-refractivity contribution in [2.45, 2.75) is 31.8 Å². The summed E-state index contributed by atoms with van der Waals surface area (Å²) in [6.07, 6.45) is 5.50. The molecule has 4 rings (SSSR count). The second-order valence-electron chi connectivity index (χ2n) is 7.45. The van der Waals surface area contributed by atoms with Crippen LogP contribution in [0.1, 0.15) is 26.8 Å². The molecular formula is C17H22N6O2S. The number of anilines is 1. The standard InChI is InChI=1S/C17H22N6O2S/c1-17(2,3)16(24)25-22-8-11(9-22)23-14-12(13(18)19-10-20-14)15(21-23)26-6-4-5-7-26/h4-7,10-11,26H,8-9H2,1-3H3,(H2,18,19,20). The molecule has 0 atom stereocenters. The van der Waals surface area contributed by atoms with Crippen molar-refractivity contribution >= 4 is 33.7 Å². The minimum absolute atomic E-state index is 0.0823. The molecular weight excluding hydrogens is 352 g/mol. The molecule has 2 aliphatic heterocycles. The van der Waals surface area contributed by atoms with Gasteiger partial charge >= 0.3 is 5.97 Å². The molecule has 4 heterocycles. The molecule has 0 saturated carbocycles. The van der Waals surface area contributed by atoms with Crippen LogP contribution < -0.4 is 5.73 Å². The molecule has 138 valence electrons. The van der Waals surface area contributed by atoms with Crippen LogP contribution in [0.3, 0.4) is 0 Å². The van der Waals surface area contributed by atoms with Crippen LogP contribution in [0.2, 0.25) is 0 Å². The molecule has 1 saturated heterocycles. The highest BCUT2D eigenvalue weighted by Gasteiger charge is 2.36. The van der Waals surface area contributed by atoms with Gasteiger partial charge in [0.25, 0.3) is 0 Å². The van der Waals surface area contributed by atoms with Crippen molar-refractivity contribution in [3.05, 3.63) is 29.3 Å². The van der Waals surface area contributed by atoms with Crippen molar-refractivity contribution in [2.75, 3.05) is 18.8 Å². The van der Waals surface area contributed by atoms with Gasteiger partial charge in [0.1, 0.15) is 17.2 Å². The number of rotatable bonds is 3. The first kappa shape index (κ1) is 17.0. The Balaban J connectivity index is 1.59. The van der Waals surface area contributed by atoms with Crippen LogP contribution in [0.4, 0.5) is 5.82 Å². The largest absolute Gasteiger partial charge is 0.383 e. The molecule has 2 aliphatic rings. The minimum Gasteiger partial charge on any atom is -0.383 e. The summed E-state index contributed by atoms with van der Waals surface area (Å²) in [4.78, 5) is 26.0. The van der Waals surface area contributed by atoms with Gasteiger partial charge in [0.2, 0.25) is 0 Å². The van der Waals surface area contributed by atoms with E-state index in [4.69, 9.17) is 15.7 Å². The first-order valence-corrected chi connectivity index (χ1v) is 9.92. The predicted octanol–water partition coefficient (Wildman–Crippen LogP) is 2.17. The Kier molecular flexibility index (Phi) is 4.00. The summed E-state index contributed by atoms with van der Waals surface area (Å²) in [6.45, 7) is 6.66. The van der Waals surface area contributed by atoms with E-state index >= 15 is 0 Å². The molecule has 1 fully saturated rings. The van der Waals surface area contributed by atoms with Gasteiger partial charge in [0.15, 0.2) is 5.65 Å². The molecule has 0 unspecified atom stereocenters. The lowest BCUT2D eigenvalue weighted by molar-refractivity contribution is -0.226. The second kappa shape index (κ2) is 6.10. The Morgan fingerprint density at radius 2 is 1.96 bits per heavy atom. The molecule has 0 spiro atoms. The first-order chi connectivity index (χ1) is 12.3. The number of nitrogens with two attached hydrogens (primary N) is 1. The van der Waals surface area contributed by atoms with E-state index in [0.29, 0.717) is 18.9 Å². The van der Waals surface area contributed by atoms with Crippen molar-refractivity contribution in [1.82, 2.24) is 24.8 Å². The van der Waals surface area contributed by atoms with Crippen LogP contribution >= 0.6 is 10.9 Å². The van der Waals surface area contributed by atoms with Gasteiger partial charge in [-0.15, -0.1) is 5.06 Å². The smallest absolute Gasteiger partial charge is 0.330 e. The van der Waals surface area contributed by atoms with Crippen LogP contribution in [0, 0.1) is 5.41 Å². The number of thiol groups is 1. The predicted molar refractivity (Wildman–Crippen MR) is 101 cm³/mol. The number of fused-ring (bicyclic) bond motifs is 1. The van der Waals surface area contributed by atoms with Gasteiger partial charge < -0.3 is 10.6 Å². The Morgan fingerprint density at radius 3 is 2.62 bits per heavy atom. The van der Waals surface area contributed by atoms with Gasteiger partial charge in [-0.25, -0.2) is 19.4 Å². The zero-order valence-electron chi connectivity index (χ0n) is 15.0. The molecule has 0 aliphatic carbocycles. The molecule has 2 aromatic rings. The monoisotopic (exact) mass is 374 g/mol. The maximum absolute atomic E-state index is 12.0. The molecule has 26 heavy (non-hydrogen) atoms. The number of nitrogens with zero attached hydrogens (tertiary/aromatic N) is 5. The van der Waals surface area contributed by atoms with Gasteiger partial charge in [-0.1, -0.05) is 12.2 Å². The summed E-state index contributed by atoms with van der Waals surface area (Å²) < 4.78 is 1.90. The quantitative estimate of drug-likeness (QED) is 0.794. The third-order valence-corrected chi connectivity index (χ3v) is 6.14. The number of carbonyl (C=O) groups excluding carboxylic acids is 1. The highest BCUT2D eigenvalue weighted by atomic mass is 32.2. The van der Waals surface area contributed by atoms with Gasteiger partial charge in [0.05, 0.1) is 29.9 Å². The average Bonchev–Trinajstić information content (AvgIpc) is 3.17. The summed E-state index contributed by atoms with van der Waals surface area (Å²) in [7, 11) is -0.634. The lowest BCUT2D eigenvalue weighted by Crippen LogP contribution is -2.50. The number of hydrogen-bond acceptors (Lipinski definition) is 7. The van der Waals surface area contributed by atoms with E-state index in [1.807, 2.05) is 37.6 Å². The lowest BCUT2D eigenvalue weighted by Gasteiger charge is -2.38. The van der Waals surface area contributed by atoms with Crippen molar-refractivity contribution in [2.24, 2.45) is 5.41 Å². The van der Waals surface area contributed by atoms with Crippen molar-refractivity contribution < 1.29 is 9.63 Å². The van der Waals surface area contributed by atoms with Crippen LogP contribution in [0.15, 0.2) is 34.3 Å². The SMILES string of the molecule is CC(C)(C)C(=O)ON1CC(n2nc([SH]3C=CC=C3)c3c(N)ncnc32)C1. The average molecular weight is 374 g/mol. The van der Waals surface area contributed by atoms with Crippen LogP contribution in [0.5, 0.6) is 0 Å². The summed E-state index contributed by atoms with van der Waals surface area (Å²) in [5.74, 6) is 0.209. The third-order valence-electron chi connectivity index (χ3n) is 4.35. The zero-order valence-corrected chi connectivity index (χ0v) is 15.8. The summed E-state index contributed by atoms with van der Waals surface area (Å²) in [5, 5.41) is 12.5. The number of carbonyl (C=O) groups is 1. The number of aromatic nitrogens is 4. The molecule has 2 aromatic heterocycles. The molecule has 0 radical (unpaired) electrons. The number of nitrogen functional groups attached to an aromatic ring is 1. The van der Waals surface area contributed by atoms with Gasteiger partial charge in [-0.3, -0.25) is 0 Å². The fourth-order valence-corrected chi connectivity index (χ4v) is 4.41. The highest BCUT2D eigenvalue weighted by Crippen LogP contribution is 2.46. The van der Waals surface area contributed by atoms with E-state index in [9.17, 15) is 4.79 Å². The summed E-state index contributed by atoms with van der Waals surface area (Å²) >= 11 is 0. The van der Waals surface area contributed by atoms with E-state index in [0.717, 1.165) is 16.1 Å². The molecule has 0 amide bonds. The fourth-order valence-electron chi connectivity index (χ4n) is 2.79. The van der Waals surface area contributed by atoms with E-state index in [1.54, 1.807) is 5.06 Å². The number of hydroxylamine groups is 2. The second-order valence-corrected chi connectivity index (χ2v) is 9.28. The summed E-state index contributed by atoms with van der Waals surface area (Å²) in [6, 6.07) is 0.0823. The molecule has 0 bridgehead atoms. The van der Waals surface area contributed by atoms with E-state index in [-0.39, 0.29) is 12.0 Å². The van der Waals surface area contributed by atoms with E-state index in [1.165, 1.54) is 6.33 Å². The fraction of sp³-hybridized carbons (Fsp3) is 0.412. The van der Waals surface area contributed by atoms with Crippen molar-refractivity contribution in [1.29, 1.82) is 0 Å². The van der Waals surface area contributed by atoms with Gasteiger partial charge in [-0.2, -0.15) is 16.0 Å². The maximum Gasteiger partial charge on any atom is 0.330 e. The van der Waals surface area contributed by atoms with Crippen LogP contribution in [-0.2, 0) is 9.63 Å². The Hall–Kier alpha value is -2.39. The zero-order chi connectivity index (χ0) is 18.5. The maximum atomic E-state index is 12.0. The van der Waals surface area contributed by atoms with Crippen LogP contribution in [0.25, 0.3) is 11.0 Å². The molecule has 0 aromatic carbocycles. The molecule has 8 nitrogen and oxygen atoms in total. The molecule has 9 heteroatoms. The van der Waals surface area contributed by atoms with E-state index in [2.05, 4.69) is 20.8 Å². The molecule has 2 N–H and O–H groups in total. The van der Waals surface area contributed by atoms with Crippen molar-refractivity contribution in [3.8, 4) is 0 Å². The Bertz CT molecular complexity index is 911. The first-order valence-electron chi connectivity index (χ1n) is 8.44.